The minimum Gasteiger partial charge on any atom is -0.507 e. The summed E-state index contributed by atoms with van der Waals surface area (Å²) >= 11 is 0. The molecule has 75 valence electrons. The van der Waals surface area contributed by atoms with Crippen molar-refractivity contribution in [2.45, 2.75) is 12.8 Å². The van der Waals surface area contributed by atoms with Crippen LogP contribution in [0, 0.1) is 6.07 Å². The Morgan fingerprint density at radius 3 is 2.80 bits per heavy atom. The van der Waals surface area contributed by atoms with Crippen molar-refractivity contribution in [1.29, 1.82) is 0 Å². The minimum absolute atomic E-state index is 0.0867. The highest BCUT2D eigenvalue weighted by molar-refractivity contribution is 5.37. The summed E-state index contributed by atoms with van der Waals surface area (Å²) in [6.07, 6.45) is 1.76. The molecule has 2 nitrogen and oxygen atoms in total. The van der Waals surface area contributed by atoms with Gasteiger partial charge >= 0.3 is 0 Å². The van der Waals surface area contributed by atoms with Gasteiger partial charge in [-0.15, -0.1) is 0 Å². The number of hydrogen-bond donors (Lipinski definition) is 1. The first-order valence-corrected chi connectivity index (χ1v) is 4.89. The van der Waals surface area contributed by atoms with Crippen LogP contribution in [0.3, 0.4) is 0 Å². The second-order valence-corrected chi connectivity index (χ2v) is 3.45. The first-order chi connectivity index (χ1) is 7.29. The van der Waals surface area contributed by atoms with Crippen LogP contribution >= 0.6 is 0 Å². The number of hydrogen-bond acceptors (Lipinski definition) is 2. The van der Waals surface area contributed by atoms with E-state index in [0.29, 0.717) is 0 Å². The molecule has 0 saturated heterocycles. The van der Waals surface area contributed by atoms with Crippen molar-refractivity contribution in [3.05, 3.63) is 59.9 Å². The molecule has 1 N–H and O–H groups in total. The summed E-state index contributed by atoms with van der Waals surface area (Å²) in [6.45, 7) is 2.02. The molecule has 1 heterocycles. The predicted octanol–water partition coefficient (Wildman–Crippen LogP) is 2.74. The third-order valence-electron chi connectivity index (χ3n) is 2.46. The van der Waals surface area contributed by atoms with Crippen LogP contribution in [0.2, 0.25) is 0 Å². The molecule has 15 heavy (non-hydrogen) atoms. The third-order valence-corrected chi connectivity index (χ3v) is 2.46. The molecular formula is C13H12NO. The molecule has 0 aliphatic carbocycles. The number of aromatic hydroxyl groups is 1. The SMILES string of the molecule is CC(c1ccccn1)c1ccc[c]c1O. The first kappa shape index (κ1) is 9.71. The van der Waals surface area contributed by atoms with E-state index in [1.165, 1.54) is 0 Å². The second-order valence-electron chi connectivity index (χ2n) is 3.45. The van der Waals surface area contributed by atoms with Crippen LogP contribution in [0.25, 0.3) is 0 Å². The zero-order chi connectivity index (χ0) is 10.7. The van der Waals surface area contributed by atoms with Gasteiger partial charge in [-0.25, -0.2) is 0 Å². The van der Waals surface area contributed by atoms with Crippen molar-refractivity contribution in [3.63, 3.8) is 0 Å². The number of phenolic OH excluding ortho intramolecular Hbond substituents is 1. The Balaban J connectivity index is 2.37. The summed E-state index contributed by atoms with van der Waals surface area (Å²) in [4.78, 5) is 4.27. The molecule has 0 aliphatic heterocycles. The van der Waals surface area contributed by atoms with E-state index in [1.807, 2.05) is 37.3 Å². The number of rotatable bonds is 2. The van der Waals surface area contributed by atoms with Gasteiger partial charge in [-0.1, -0.05) is 31.2 Å². The lowest BCUT2D eigenvalue weighted by Crippen LogP contribution is -1.98. The fourth-order valence-corrected chi connectivity index (χ4v) is 1.58. The zero-order valence-electron chi connectivity index (χ0n) is 8.51. The lowest BCUT2D eigenvalue weighted by atomic mass is 9.96. The number of para-hydroxylation sites is 1. The van der Waals surface area contributed by atoms with E-state index in [-0.39, 0.29) is 11.7 Å². The van der Waals surface area contributed by atoms with E-state index in [1.54, 1.807) is 12.3 Å². The molecule has 1 unspecified atom stereocenters. The second kappa shape index (κ2) is 4.13. The Hall–Kier alpha value is -1.83. The highest BCUT2D eigenvalue weighted by Gasteiger charge is 2.12. The first-order valence-electron chi connectivity index (χ1n) is 4.89. The number of nitrogens with zero attached hydrogens (tertiary/aromatic N) is 1. The zero-order valence-corrected chi connectivity index (χ0v) is 8.51. The average molecular weight is 198 g/mol. The van der Waals surface area contributed by atoms with E-state index >= 15 is 0 Å². The lowest BCUT2D eigenvalue weighted by Gasteiger charge is -2.12. The monoisotopic (exact) mass is 198 g/mol. The highest BCUT2D eigenvalue weighted by atomic mass is 16.3. The summed E-state index contributed by atoms with van der Waals surface area (Å²) in [5.74, 6) is 0.291. The number of benzene rings is 1. The van der Waals surface area contributed by atoms with Crippen LogP contribution in [0.5, 0.6) is 5.75 Å². The molecule has 2 heteroatoms. The van der Waals surface area contributed by atoms with Crippen LogP contribution in [0.1, 0.15) is 24.1 Å². The number of pyridine rings is 1. The normalized spacial score (nSPS) is 12.3. The Kier molecular flexibility index (Phi) is 2.68. The molecule has 2 aromatic rings. The van der Waals surface area contributed by atoms with Gasteiger partial charge in [-0.3, -0.25) is 4.98 Å². The summed E-state index contributed by atoms with van der Waals surface area (Å²) in [5, 5.41) is 9.66. The van der Waals surface area contributed by atoms with Gasteiger partial charge in [-0.05, 0) is 12.1 Å². The largest absolute Gasteiger partial charge is 0.507 e. The highest BCUT2D eigenvalue weighted by Crippen LogP contribution is 2.28. The van der Waals surface area contributed by atoms with Gasteiger partial charge in [0.15, 0.2) is 0 Å². The van der Waals surface area contributed by atoms with E-state index in [9.17, 15) is 5.11 Å². The summed E-state index contributed by atoms with van der Waals surface area (Å²) < 4.78 is 0. The van der Waals surface area contributed by atoms with Crippen molar-refractivity contribution in [1.82, 2.24) is 4.98 Å². The average Bonchev–Trinajstić information content (AvgIpc) is 2.30. The van der Waals surface area contributed by atoms with Gasteiger partial charge < -0.3 is 5.11 Å². The van der Waals surface area contributed by atoms with Crippen LogP contribution in [0.4, 0.5) is 0 Å². The molecule has 0 fully saturated rings. The molecule has 0 saturated carbocycles. The van der Waals surface area contributed by atoms with Crippen molar-refractivity contribution in [2.24, 2.45) is 0 Å². The fourth-order valence-electron chi connectivity index (χ4n) is 1.58. The van der Waals surface area contributed by atoms with Gasteiger partial charge in [0.2, 0.25) is 0 Å². The molecule has 0 amide bonds. The van der Waals surface area contributed by atoms with Crippen LogP contribution in [0.15, 0.2) is 42.6 Å². The molecule has 2 rings (SSSR count). The van der Waals surface area contributed by atoms with Crippen molar-refractivity contribution >= 4 is 0 Å². The molecule has 1 aromatic carbocycles. The maximum absolute atomic E-state index is 9.66. The Morgan fingerprint density at radius 1 is 1.27 bits per heavy atom. The van der Waals surface area contributed by atoms with Crippen molar-refractivity contribution in [2.75, 3.05) is 0 Å². The summed E-state index contributed by atoms with van der Waals surface area (Å²) in [5.41, 5.74) is 1.81. The maximum atomic E-state index is 9.66. The van der Waals surface area contributed by atoms with Gasteiger partial charge in [-0.2, -0.15) is 0 Å². The van der Waals surface area contributed by atoms with Crippen LogP contribution in [-0.2, 0) is 0 Å². The molecule has 1 aromatic heterocycles. The molecule has 1 radical (unpaired) electrons. The standard InChI is InChI=1S/C13H12NO/c1-10(12-7-4-5-9-14-12)11-6-2-3-8-13(11)15/h2-7,9-10,15H,1H3. The topological polar surface area (TPSA) is 33.1 Å². The van der Waals surface area contributed by atoms with Gasteiger partial charge in [0.1, 0.15) is 5.75 Å². The van der Waals surface area contributed by atoms with Gasteiger partial charge in [0.25, 0.3) is 0 Å². The Labute approximate surface area is 89.2 Å². The van der Waals surface area contributed by atoms with E-state index < -0.39 is 0 Å². The quantitative estimate of drug-likeness (QED) is 0.804. The number of aromatic nitrogens is 1. The summed E-state index contributed by atoms with van der Waals surface area (Å²) in [7, 11) is 0. The molecule has 0 bridgehead atoms. The third kappa shape index (κ3) is 1.99. The molecule has 0 aliphatic rings. The fraction of sp³-hybridized carbons (Fsp3) is 0.154. The smallest absolute Gasteiger partial charge is 0.127 e. The molecular weight excluding hydrogens is 186 g/mol. The van der Waals surface area contributed by atoms with Crippen molar-refractivity contribution in [3.8, 4) is 5.75 Å². The van der Waals surface area contributed by atoms with Crippen LogP contribution < -0.4 is 0 Å². The minimum atomic E-state index is 0.0867. The molecule has 1 atom stereocenters. The van der Waals surface area contributed by atoms with Gasteiger partial charge in [0.05, 0.1) is 0 Å². The van der Waals surface area contributed by atoms with Crippen molar-refractivity contribution < 1.29 is 5.11 Å². The number of phenols is 1. The van der Waals surface area contributed by atoms with E-state index in [4.69, 9.17) is 0 Å². The summed E-state index contributed by atoms with van der Waals surface area (Å²) in [6, 6.07) is 14.0. The van der Waals surface area contributed by atoms with Crippen LogP contribution in [-0.4, -0.2) is 10.1 Å². The predicted molar refractivity (Wildman–Crippen MR) is 58.7 cm³/mol. The lowest BCUT2D eigenvalue weighted by molar-refractivity contribution is 0.464. The molecule has 0 spiro atoms. The van der Waals surface area contributed by atoms with E-state index in [0.717, 1.165) is 11.3 Å². The van der Waals surface area contributed by atoms with Gasteiger partial charge in [0, 0.05) is 29.4 Å². The maximum Gasteiger partial charge on any atom is 0.127 e. The Morgan fingerprint density at radius 2 is 2.13 bits per heavy atom. The van der Waals surface area contributed by atoms with E-state index in [2.05, 4.69) is 11.1 Å². The Bertz CT molecular complexity index is 439.